The Morgan fingerprint density at radius 3 is 1.55 bits per heavy atom. The Bertz CT molecular complexity index is 3550. The van der Waals surface area contributed by atoms with Gasteiger partial charge in [-0.25, -0.2) is 0 Å². The van der Waals surface area contributed by atoms with Gasteiger partial charge in [0.25, 0.3) is 0 Å². The average Bonchev–Trinajstić information content (AvgIpc) is 3.99. The van der Waals surface area contributed by atoms with Crippen LogP contribution in [-0.2, 0) is 0 Å². The standard InChI is InChI=1S/C52H30N2S/c1-2-13-32(14-3-1)53-44-23-10-7-18-41(44)48-50(53)47-40-17-6-9-22-43(40)54(51(47)49-42-19-8-11-24-45(42)55-52(48)49)33-27-25-31(26-28-33)34-29-30-39-36-16-5-4-15-35(36)38-21-12-20-37(34)46(38)39/h1-30H. The Labute approximate surface area is 320 Å². The highest BCUT2D eigenvalue weighted by atomic mass is 32.1. The molecule has 0 spiro atoms. The second-order valence-electron chi connectivity index (χ2n) is 14.8. The van der Waals surface area contributed by atoms with E-state index in [1.165, 1.54) is 114 Å². The maximum atomic E-state index is 2.53. The number of hydrogen-bond donors (Lipinski definition) is 0. The van der Waals surface area contributed by atoms with Gasteiger partial charge >= 0.3 is 0 Å². The van der Waals surface area contributed by atoms with Gasteiger partial charge in [0.1, 0.15) is 0 Å². The van der Waals surface area contributed by atoms with Crippen LogP contribution >= 0.6 is 11.3 Å². The summed E-state index contributed by atoms with van der Waals surface area (Å²) < 4.78 is 7.69. The van der Waals surface area contributed by atoms with Crippen LogP contribution in [0, 0.1) is 0 Å². The molecule has 0 bridgehead atoms. The van der Waals surface area contributed by atoms with Gasteiger partial charge in [-0.1, -0.05) is 140 Å². The lowest BCUT2D eigenvalue weighted by Gasteiger charge is -2.13. The number of aromatic nitrogens is 2. The van der Waals surface area contributed by atoms with Crippen molar-refractivity contribution < 1.29 is 0 Å². The third kappa shape index (κ3) is 3.82. The van der Waals surface area contributed by atoms with E-state index in [0.717, 1.165) is 5.69 Å². The highest BCUT2D eigenvalue weighted by Gasteiger charge is 2.27. The summed E-state index contributed by atoms with van der Waals surface area (Å²) in [7, 11) is 0. The minimum atomic E-state index is 1.16. The topological polar surface area (TPSA) is 9.86 Å². The molecule has 3 heteroatoms. The van der Waals surface area contributed by atoms with Crippen molar-refractivity contribution in [2.75, 3.05) is 0 Å². The molecule has 12 aromatic rings. The van der Waals surface area contributed by atoms with Crippen molar-refractivity contribution in [1.82, 2.24) is 9.13 Å². The van der Waals surface area contributed by atoms with Crippen molar-refractivity contribution >= 4 is 85.9 Å². The first-order chi connectivity index (χ1) is 27.3. The molecular weight excluding hydrogens is 685 g/mol. The van der Waals surface area contributed by atoms with E-state index >= 15 is 0 Å². The summed E-state index contributed by atoms with van der Waals surface area (Å²) in [5.74, 6) is 0. The summed E-state index contributed by atoms with van der Waals surface area (Å²) in [5.41, 5.74) is 15.1. The number of rotatable bonds is 3. The average molecular weight is 715 g/mol. The molecule has 0 radical (unpaired) electrons. The minimum absolute atomic E-state index is 1.16. The van der Waals surface area contributed by atoms with E-state index in [-0.39, 0.29) is 0 Å². The van der Waals surface area contributed by atoms with E-state index in [1.807, 2.05) is 11.3 Å². The summed E-state index contributed by atoms with van der Waals surface area (Å²) in [6.45, 7) is 0. The molecule has 0 aliphatic heterocycles. The van der Waals surface area contributed by atoms with Crippen LogP contribution in [0.15, 0.2) is 182 Å². The quantitative estimate of drug-likeness (QED) is 0.172. The van der Waals surface area contributed by atoms with Crippen LogP contribution in [0.1, 0.15) is 0 Å². The van der Waals surface area contributed by atoms with E-state index in [2.05, 4.69) is 191 Å². The molecule has 0 saturated heterocycles. The molecule has 9 aromatic carbocycles. The second kappa shape index (κ2) is 10.8. The van der Waals surface area contributed by atoms with E-state index in [0.29, 0.717) is 0 Å². The van der Waals surface area contributed by atoms with Crippen molar-refractivity contribution in [3.8, 4) is 44.8 Å². The molecule has 0 saturated carbocycles. The van der Waals surface area contributed by atoms with Gasteiger partial charge in [0.05, 0.1) is 22.1 Å². The van der Waals surface area contributed by atoms with Crippen LogP contribution < -0.4 is 0 Å². The van der Waals surface area contributed by atoms with Gasteiger partial charge in [0.2, 0.25) is 0 Å². The largest absolute Gasteiger partial charge is 0.308 e. The number of hydrogen-bond acceptors (Lipinski definition) is 1. The fourth-order valence-corrected chi connectivity index (χ4v) is 11.1. The van der Waals surface area contributed by atoms with Gasteiger partial charge in [-0.15, -0.1) is 11.3 Å². The van der Waals surface area contributed by atoms with E-state index in [4.69, 9.17) is 0 Å². The van der Waals surface area contributed by atoms with Gasteiger partial charge < -0.3 is 9.13 Å². The Hall–Kier alpha value is -6.94. The lowest BCUT2D eigenvalue weighted by atomic mass is 9.94. The molecule has 0 atom stereocenters. The highest BCUT2D eigenvalue weighted by molar-refractivity contribution is 7.27. The van der Waals surface area contributed by atoms with Crippen LogP contribution in [-0.4, -0.2) is 9.13 Å². The Kier molecular flexibility index (Phi) is 5.80. The number of nitrogens with zero attached hydrogens (tertiary/aromatic N) is 2. The summed E-state index contributed by atoms with van der Waals surface area (Å²) in [4.78, 5) is 0. The molecular formula is C52H30N2S. The first-order valence-corrected chi connectivity index (χ1v) is 19.8. The van der Waals surface area contributed by atoms with E-state index in [1.54, 1.807) is 0 Å². The first kappa shape index (κ1) is 29.5. The maximum absolute atomic E-state index is 2.53. The molecule has 3 heterocycles. The third-order valence-corrected chi connectivity index (χ3v) is 13.2. The third-order valence-electron chi connectivity index (χ3n) is 12.0. The molecule has 0 N–H and O–H groups in total. The molecule has 0 fully saturated rings. The molecule has 2 nitrogen and oxygen atoms in total. The van der Waals surface area contributed by atoms with Crippen LogP contribution in [0.25, 0.3) is 119 Å². The number of thiophene rings is 1. The zero-order valence-electron chi connectivity index (χ0n) is 29.6. The van der Waals surface area contributed by atoms with Crippen LogP contribution in [0.2, 0.25) is 0 Å². The Balaban J connectivity index is 1.14. The Morgan fingerprint density at radius 1 is 0.309 bits per heavy atom. The smallest absolute Gasteiger partial charge is 0.0656 e. The van der Waals surface area contributed by atoms with Crippen LogP contribution in [0.4, 0.5) is 0 Å². The van der Waals surface area contributed by atoms with Gasteiger partial charge in [-0.05, 0) is 86.6 Å². The second-order valence-corrected chi connectivity index (χ2v) is 15.8. The fourth-order valence-electron chi connectivity index (χ4n) is 9.84. The van der Waals surface area contributed by atoms with Crippen molar-refractivity contribution in [2.24, 2.45) is 0 Å². The zero-order chi connectivity index (χ0) is 35.8. The molecule has 1 aliphatic rings. The maximum Gasteiger partial charge on any atom is 0.0656 e. The fraction of sp³-hybridized carbons (Fsp3) is 0. The monoisotopic (exact) mass is 714 g/mol. The molecule has 1 aliphatic carbocycles. The SMILES string of the molecule is c1ccc(-n2c3ccccc3c3c4sc5ccccc5c4c4c(c5ccccc5n4-c4ccc(-c5ccc6c7c(cccc57)-c5ccccc5-6)cc4)c32)cc1. The highest BCUT2D eigenvalue weighted by Crippen LogP contribution is 2.52. The molecule has 0 amide bonds. The minimum Gasteiger partial charge on any atom is -0.308 e. The van der Waals surface area contributed by atoms with Crippen molar-refractivity contribution in [1.29, 1.82) is 0 Å². The summed E-state index contributed by atoms with van der Waals surface area (Å²) in [6.07, 6.45) is 0. The summed E-state index contributed by atoms with van der Waals surface area (Å²) in [5, 5.41) is 10.5. The summed E-state index contributed by atoms with van der Waals surface area (Å²) >= 11 is 1.92. The van der Waals surface area contributed by atoms with Gasteiger partial charge in [0.15, 0.2) is 0 Å². The predicted octanol–water partition coefficient (Wildman–Crippen LogP) is 14.7. The molecule has 13 rings (SSSR count). The van der Waals surface area contributed by atoms with Crippen LogP contribution in [0.5, 0.6) is 0 Å². The zero-order valence-corrected chi connectivity index (χ0v) is 30.4. The Morgan fingerprint density at radius 2 is 0.818 bits per heavy atom. The van der Waals surface area contributed by atoms with Crippen molar-refractivity contribution in [2.45, 2.75) is 0 Å². The van der Waals surface area contributed by atoms with E-state index < -0.39 is 0 Å². The number of para-hydroxylation sites is 3. The van der Waals surface area contributed by atoms with Crippen molar-refractivity contribution in [3.63, 3.8) is 0 Å². The van der Waals surface area contributed by atoms with Crippen molar-refractivity contribution in [3.05, 3.63) is 182 Å². The van der Waals surface area contributed by atoms with Crippen LogP contribution in [0.3, 0.4) is 0 Å². The molecule has 254 valence electrons. The lowest BCUT2D eigenvalue weighted by molar-refractivity contribution is 1.18. The van der Waals surface area contributed by atoms with Gasteiger partial charge in [-0.2, -0.15) is 0 Å². The first-order valence-electron chi connectivity index (χ1n) is 18.9. The normalized spacial score (nSPS) is 12.4. The van der Waals surface area contributed by atoms with Gasteiger partial charge in [0, 0.05) is 53.1 Å². The lowest BCUT2D eigenvalue weighted by Crippen LogP contribution is -1.96. The molecule has 3 aromatic heterocycles. The molecule has 55 heavy (non-hydrogen) atoms. The number of fused-ring (bicyclic) bond motifs is 15. The van der Waals surface area contributed by atoms with Gasteiger partial charge in [-0.3, -0.25) is 0 Å². The van der Waals surface area contributed by atoms with E-state index in [9.17, 15) is 0 Å². The predicted molar refractivity (Wildman–Crippen MR) is 235 cm³/mol. The molecule has 0 unspecified atom stereocenters. The number of benzene rings is 9. The summed E-state index contributed by atoms with van der Waals surface area (Å²) in [6, 6.07) is 67.3.